The third kappa shape index (κ3) is 2.93. The molecule has 11 heteroatoms. The number of aliphatic hydroxyl groups is 3. The first kappa shape index (κ1) is 18.0. The Morgan fingerprint density at radius 3 is 2.55 bits per heavy atom. The van der Waals surface area contributed by atoms with E-state index < -0.39 is 53.9 Å². The van der Waals surface area contributed by atoms with E-state index in [1.54, 1.807) is 0 Å². The number of hydrogen-bond acceptors (Lipinski definition) is 8. The number of nitrogens with one attached hydrogen (secondary N) is 1. The van der Waals surface area contributed by atoms with Crippen LogP contribution in [0, 0.1) is 0 Å². The van der Waals surface area contributed by atoms with E-state index in [2.05, 4.69) is 4.74 Å². The molecule has 0 aromatic carbocycles. The van der Waals surface area contributed by atoms with Gasteiger partial charge in [-0.3, -0.25) is 14.3 Å². The molecule has 2 heterocycles. The van der Waals surface area contributed by atoms with Crippen LogP contribution in [0.15, 0.2) is 15.8 Å². The zero-order valence-electron chi connectivity index (χ0n) is 11.4. The molecule has 2 rings (SSSR count). The number of hydrogen-bond donors (Lipinski definition) is 4. The van der Waals surface area contributed by atoms with Crippen LogP contribution >= 0.6 is 0 Å². The maximum absolute atomic E-state index is 11.8. The summed E-state index contributed by atoms with van der Waals surface area (Å²) >= 11 is 0. The molecule has 0 spiro atoms. The molecule has 124 valence electrons. The van der Waals surface area contributed by atoms with Gasteiger partial charge in [-0.15, -0.1) is 0 Å². The molecule has 1 fully saturated rings. The molecular formula is C11H16N2O9. The number of carbonyl (C=O) groups is 1. The van der Waals surface area contributed by atoms with E-state index in [1.807, 2.05) is 4.98 Å². The summed E-state index contributed by atoms with van der Waals surface area (Å²) in [5.41, 5.74) is -2.35. The van der Waals surface area contributed by atoms with E-state index in [1.165, 1.54) is 0 Å². The first-order valence-corrected chi connectivity index (χ1v) is 5.97. The number of H-pyrrole nitrogens is 1. The summed E-state index contributed by atoms with van der Waals surface area (Å²) in [5.74, 6) is -0.975. The molecule has 22 heavy (non-hydrogen) atoms. The number of ether oxygens (including phenoxy) is 2. The smallest absolute Gasteiger partial charge is 0.345 e. The van der Waals surface area contributed by atoms with Crippen molar-refractivity contribution in [3.05, 3.63) is 32.6 Å². The van der Waals surface area contributed by atoms with Gasteiger partial charge in [-0.05, 0) is 0 Å². The molecular weight excluding hydrogens is 304 g/mol. The van der Waals surface area contributed by atoms with Crippen LogP contribution < -0.4 is 11.2 Å². The average molecular weight is 320 g/mol. The van der Waals surface area contributed by atoms with Gasteiger partial charge in [-0.25, -0.2) is 9.59 Å². The lowest BCUT2D eigenvalue weighted by Crippen LogP contribution is -2.39. The van der Waals surface area contributed by atoms with Crippen molar-refractivity contribution < 1.29 is 35.1 Å². The van der Waals surface area contributed by atoms with Crippen LogP contribution in [0.2, 0.25) is 0 Å². The molecule has 0 amide bonds. The molecule has 0 saturated carbocycles. The zero-order valence-corrected chi connectivity index (χ0v) is 11.4. The first-order valence-electron chi connectivity index (χ1n) is 5.97. The minimum atomic E-state index is -1.52. The lowest BCUT2D eigenvalue weighted by molar-refractivity contribution is -0.0551. The maximum atomic E-state index is 11.8. The summed E-state index contributed by atoms with van der Waals surface area (Å²) in [6.45, 7) is -0.573. The van der Waals surface area contributed by atoms with Gasteiger partial charge < -0.3 is 30.3 Å². The Morgan fingerprint density at radius 1 is 1.41 bits per heavy atom. The van der Waals surface area contributed by atoms with Gasteiger partial charge in [0.15, 0.2) is 6.23 Å². The second-order valence-electron chi connectivity index (χ2n) is 4.43. The van der Waals surface area contributed by atoms with E-state index in [0.29, 0.717) is 0 Å². The fourth-order valence-corrected chi connectivity index (χ4v) is 2.04. The predicted octanol–water partition coefficient (Wildman–Crippen LogP) is -3.89. The molecule has 0 radical (unpaired) electrons. The topological polar surface area (TPSA) is 183 Å². The molecule has 1 aromatic heterocycles. The standard InChI is InChI=1S/C11H14N2O8.H2O/c1-20-10(18)4-2-13(11(19)12-8(4)17)9-7(16)6(15)5(3-14)21-9;/h2,5-7,9,14-16H,3H2,1H3,(H,12,17,19);1H2/t5-,6-,7-,9-;/m1./s1. The van der Waals surface area contributed by atoms with Crippen molar-refractivity contribution in [2.75, 3.05) is 13.7 Å². The molecule has 1 aliphatic rings. The maximum Gasteiger partial charge on any atom is 0.345 e. The molecule has 1 saturated heterocycles. The Hall–Kier alpha value is -2.05. The summed E-state index contributed by atoms with van der Waals surface area (Å²) in [6.07, 6.45) is -4.51. The average Bonchev–Trinajstić information content (AvgIpc) is 2.74. The van der Waals surface area contributed by atoms with E-state index in [9.17, 15) is 24.6 Å². The molecule has 4 atom stereocenters. The number of methoxy groups -OCH3 is 1. The molecule has 0 aliphatic carbocycles. The second kappa shape index (κ2) is 6.81. The fourth-order valence-electron chi connectivity index (χ4n) is 2.04. The fraction of sp³-hybridized carbons (Fsp3) is 0.545. The summed E-state index contributed by atoms with van der Waals surface area (Å²) in [6, 6.07) is 0. The van der Waals surface area contributed by atoms with Crippen LogP contribution in [0.25, 0.3) is 0 Å². The highest BCUT2D eigenvalue weighted by atomic mass is 16.6. The van der Waals surface area contributed by atoms with Crippen molar-refractivity contribution in [1.82, 2.24) is 9.55 Å². The predicted molar refractivity (Wildman–Crippen MR) is 69.3 cm³/mol. The van der Waals surface area contributed by atoms with E-state index in [0.717, 1.165) is 17.9 Å². The SMILES string of the molecule is COC(=O)c1cn([C@@H]2O[C@H](CO)[C@@H](O)[C@H]2O)c(=O)[nH]c1=O.O. The Balaban J connectivity index is 0.00000242. The van der Waals surface area contributed by atoms with E-state index in [4.69, 9.17) is 9.84 Å². The van der Waals surface area contributed by atoms with Crippen molar-refractivity contribution in [2.24, 2.45) is 0 Å². The summed E-state index contributed by atoms with van der Waals surface area (Å²) in [5, 5.41) is 28.5. The number of aromatic amines is 1. The van der Waals surface area contributed by atoms with Gasteiger partial charge in [-0.2, -0.15) is 0 Å². The van der Waals surface area contributed by atoms with Gasteiger partial charge in [0.25, 0.3) is 5.56 Å². The zero-order chi connectivity index (χ0) is 15.7. The Morgan fingerprint density at radius 2 is 2.05 bits per heavy atom. The summed E-state index contributed by atoms with van der Waals surface area (Å²) in [4.78, 5) is 36.6. The highest BCUT2D eigenvalue weighted by molar-refractivity contribution is 5.88. The van der Waals surface area contributed by atoms with Crippen LogP contribution in [0.5, 0.6) is 0 Å². The summed E-state index contributed by atoms with van der Waals surface area (Å²) in [7, 11) is 1.06. The number of aliphatic hydroxyl groups excluding tert-OH is 3. The van der Waals surface area contributed by atoms with Gasteiger partial charge in [0.05, 0.1) is 13.7 Å². The Labute approximate surface area is 122 Å². The minimum Gasteiger partial charge on any atom is -0.465 e. The van der Waals surface area contributed by atoms with Gasteiger partial charge in [0, 0.05) is 6.20 Å². The van der Waals surface area contributed by atoms with E-state index in [-0.39, 0.29) is 5.48 Å². The monoisotopic (exact) mass is 320 g/mol. The van der Waals surface area contributed by atoms with Crippen molar-refractivity contribution in [2.45, 2.75) is 24.5 Å². The van der Waals surface area contributed by atoms with Crippen molar-refractivity contribution in [1.29, 1.82) is 0 Å². The first-order chi connectivity index (χ1) is 9.90. The van der Waals surface area contributed by atoms with Gasteiger partial charge >= 0.3 is 11.7 Å². The number of carbonyl (C=O) groups excluding carboxylic acids is 1. The normalized spacial score (nSPS) is 27.3. The van der Waals surface area contributed by atoms with Gasteiger partial charge in [0.2, 0.25) is 0 Å². The molecule has 6 N–H and O–H groups in total. The largest absolute Gasteiger partial charge is 0.465 e. The number of aromatic nitrogens is 2. The third-order valence-corrected chi connectivity index (χ3v) is 3.16. The number of rotatable bonds is 3. The second-order valence-corrected chi connectivity index (χ2v) is 4.43. The van der Waals surface area contributed by atoms with Crippen molar-refractivity contribution in [3.8, 4) is 0 Å². The lowest BCUT2D eigenvalue weighted by Gasteiger charge is -2.17. The van der Waals surface area contributed by atoms with Crippen LogP contribution in [0.3, 0.4) is 0 Å². The molecule has 0 bridgehead atoms. The number of nitrogens with zero attached hydrogens (tertiary/aromatic N) is 1. The quantitative estimate of drug-likeness (QED) is 0.407. The van der Waals surface area contributed by atoms with Gasteiger partial charge in [0.1, 0.15) is 23.9 Å². The molecule has 11 nitrogen and oxygen atoms in total. The highest BCUT2D eigenvalue weighted by Gasteiger charge is 2.44. The van der Waals surface area contributed by atoms with Crippen LogP contribution in [-0.2, 0) is 9.47 Å². The Bertz CT molecular complexity index is 652. The van der Waals surface area contributed by atoms with E-state index >= 15 is 0 Å². The molecule has 0 unspecified atom stereocenters. The van der Waals surface area contributed by atoms with Gasteiger partial charge in [-0.1, -0.05) is 0 Å². The van der Waals surface area contributed by atoms with Crippen molar-refractivity contribution in [3.63, 3.8) is 0 Å². The Kier molecular flexibility index (Phi) is 5.57. The highest BCUT2D eigenvalue weighted by Crippen LogP contribution is 2.27. The third-order valence-electron chi connectivity index (χ3n) is 3.16. The van der Waals surface area contributed by atoms with Crippen LogP contribution in [0.4, 0.5) is 0 Å². The molecule has 1 aromatic rings. The van der Waals surface area contributed by atoms with Crippen molar-refractivity contribution >= 4 is 5.97 Å². The minimum absolute atomic E-state index is 0. The van der Waals surface area contributed by atoms with Crippen LogP contribution in [-0.4, -0.2) is 68.3 Å². The van der Waals surface area contributed by atoms with Crippen LogP contribution in [0.1, 0.15) is 16.6 Å². The molecule has 1 aliphatic heterocycles. The summed E-state index contributed by atoms with van der Waals surface area (Å²) < 4.78 is 10.3. The number of esters is 1. The lowest BCUT2D eigenvalue weighted by atomic mass is 10.1.